The third-order valence-electron chi connectivity index (χ3n) is 2.27. The van der Waals surface area contributed by atoms with Crippen molar-refractivity contribution in [2.45, 2.75) is 6.42 Å². The van der Waals surface area contributed by atoms with Gasteiger partial charge in [0.1, 0.15) is 6.61 Å². The van der Waals surface area contributed by atoms with Gasteiger partial charge < -0.3 is 14.8 Å². The molecule has 0 bridgehead atoms. The largest absolute Gasteiger partial charge is 0.505 e. The van der Waals surface area contributed by atoms with Gasteiger partial charge in [0.05, 0.1) is 0 Å². The van der Waals surface area contributed by atoms with E-state index in [9.17, 15) is 4.79 Å². The normalized spacial score (nSPS) is 10.4. The average molecular weight is 205 g/mol. The average Bonchev–Trinajstić information content (AvgIpc) is 2.62. The lowest BCUT2D eigenvalue weighted by Gasteiger charge is -1.99. The number of carboxylic acid groups (broad SMARTS) is 1. The van der Waals surface area contributed by atoms with Crippen molar-refractivity contribution in [3.8, 4) is 0 Å². The Balaban J connectivity index is 2.11. The monoisotopic (exact) mass is 205 g/mol. The molecule has 0 aliphatic carbocycles. The van der Waals surface area contributed by atoms with Crippen molar-refractivity contribution in [1.82, 2.24) is 4.98 Å². The summed E-state index contributed by atoms with van der Waals surface area (Å²) in [5, 5.41) is 10.6. The minimum Gasteiger partial charge on any atom is -0.450 e. The number of H-pyrrole nitrogens is 1. The number of aromatic nitrogens is 1. The minimum absolute atomic E-state index is 0.180. The maximum absolute atomic E-state index is 10.2. The summed E-state index contributed by atoms with van der Waals surface area (Å²) in [4.78, 5) is 13.3. The molecule has 1 heterocycles. The maximum Gasteiger partial charge on any atom is 0.505 e. The molecule has 0 saturated heterocycles. The molecule has 0 amide bonds. The fraction of sp³-hybridized carbons (Fsp3) is 0.182. The van der Waals surface area contributed by atoms with Crippen LogP contribution in [0.5, 0.6) is 0 Å². The highest BCUT2D eigenvalue weighted by Gasteiger charge is 2.03. The smallest absolute Gasteiger partial charge is 0.450 e. The minimum atomic E-state index is -1.23. The van der Waals surface area contributed by atoms with Crippen molar-refractivity contribution < 1.29 is 14.6 Å². The molecule has 0 aliphatic rings. The van der Waals surface area contributed by atoms with Crippen LogP contribution in [0.1, 0.15) is 5.69 Å². The summed E-state index contributed by atoms with van der Waals surface area (Å²) in [7, 11) is 0. The molecular formula is C11H11NO3. The van der Waals surface area contributed by atoms with Crippen LogP contribution in [0.3, 0.4) is 0 Å². The van der Waals surface area contributed by atoms with Gasteiger partial charge in [-0.3, -0.25) is 0 Å². The first kappa shape index (κ1) is 9.58. The second kappa shape index (κ2) is 4.04. The van der Waals surface area contributed by atoms with E-state index in [1.165, 1.54) is 0 Å². The van der Waals surface area contributed by atoms with E-state index < -0.39 is 6.16 Å². The van der Waals surface area contributed by atoms with Crippen LogP contribution < -0.4 is 0 Å². The molecule has 2 aromatic rings. The van der Waals surface area contributed by atoms with Crippen molar-refractivity contribution in [1.29, 1.82) is 0 Å². The van der Waals surface area contributed by atoms with Crippen LogP contribution in [0.2, 0.25) is 0 Å². The van der Waals surface area contributed by atoms with E-state index in [2.05, 4.69) is 9.72 Å². The standard InChI is InChI=1S/C11H11NO3/c13-11(14)15-6-5-10-9-4-2-1-3-8(9)7-12-10/h1-4,7,12H,5-6H2,(H,13,14). The van der Waals surface area contributed by atoms with Crippen LogP contribution in [0.15, 0.2) is 30.5 Å². The van der Waals surface area contributed by atoms with E-state index in [4.69, 9.17) is 5.11 Å². The highest BCUT2D eigenvalue weighted by Crippen LogP contribution is 2.17. The highest BCUT2D eigenvalue weighted by molar-refractivity contribution is 5.85. The Kier molecular flexibility index (Phi) is 2.58. The summed E-state index contributed by atoms with van der Waals surface area (Å²) >= 11 is 0. The van der Waals surface area contributed by atoms with E-state index in [0.717, 1.165) is 16.5 Å². The molecule has 1 aromatic carbocycles. The molecular weight excluding hydrogens is 194 g/mol. The molecule has 2 rings (SSSR count). The summed E-state index contributed by atoms with van der Waals surface area (Å²) in [6.45, 7) is 0.180. The Morgan fingerprint density at radius 2 is 2.20 bits per heavy atom. The molecule has 0 spiro atoms. The quantitative estimate of drug-likeness (QED) is 0.756. The zero-order valence-electron chi connectivity index (χ0n) is 8.06. The van der Waals surface area contributed by atoms with Gasteiger partial charge in [-0.2, -0.15) is 0 Å². The summed E-state index contributed by atoms with van der Waals surface area (Å²) in [5.41, 5.74) is 1.01. The fourth-order valence-electron chi connectivity index (χ4n) is 1.59. The number of fused-ring (bicyclic) bond motifs is 1. The number of nitrogens with one attached hydrogen (secondary N) is 1. The van der Waals surface area contributed by atoms with Gasteiger partial charge in [-0.25, -0.2) is 4.79 Å². The number of benzene rings is 1. The zero-order valence-corrected chi connectivity index (χ0v) is 8.06. The number of rotatable bonds is 3. The Labute approximate surface area is 86.5 Å². The van der Waals surface area contributed by atoms with E-state index >= 15 is 0 Å². The van der Waals surface area contributed by atoms with Gasteiger partial charge in [0, 0.05) is 23.7 Å². The van der Waals surface area contributed by atoms with Gasteiger partial charge in [0.15, 0.2) is 0 Å². The second-order valence-corrected chi connectivity index (χ2v) is 3.22. The molecule has 0 saturated carbocycles. The SMILES string of the molecule is O=C(O)OCCc1[nH]cc2ccccc12. The summed E-state index contributed by atoms with van der Waals surface area (Å²) < 4.78 is 4.46. The number of hydrogen-bond donors (Lipinski definition) is 2. The van der Waals surface area contributed by atoms with Gasteiger partial charge in [-0.05, 0) is 5.39 Å². The van der Waals surface area contributed by atoms with Gasteiger partial charge in [0.25, 0.3) is 0 Å². The Bertz CT molecular complexity index is 475. The lowest BCUT2D eigenvalue weighted by atomic mass is 10.1. The molecule has 0 fully saturated rings. The van der Waals surface area contributed by atoms with Gasteiger partial charge in [-0.1, -0.05) is 24.3 Å². The lowest BCUT2D eigenvalue weighted by Crippen LogP contribution is -2.04. The summed E-state index contributed by atoms with van der Waals surface area (Å²) in [6.07, 6.45) is 1.25. The Morgan fingerprint density at radius 1 is 1.40 bits per heavy atom. The molecule has 0 radical (unpaired) electrons. The number of hydrogen-bond acceptors (Lipinski definition) is 2. The predicted octanol–water partition coefficient (Wildman–Crippen LogP) is 2.41. The van der Waals surface area contributed by atoms with Crippen molar-refractivity contribution in [2.24, 2.45) is 0 Å². The lowest BCUT2D eigenvalue weighted by molar-refractivity contribution is 0.0926. The Morgan fingerprint density at radius 3 is 3.00 bits per heavy atom. The third kappa shape index (κ3) is 2.10. The molecule has 1 aromatic heterocycles. The number of ether oxygens (including phenoxy) is 1. The van der Waals surface area contributed by atoms with Gasteiger partial charge in [-0.15, -0.1) is 0 Å². The van der Waals surface area contributed by atoms with Crippen LogP contribution in [0.4, 0.5) is 4.79 Å². The summed E-state index contributed by atoms with van der Waals surface area (Å²) in [6, 6.07) is 7.93. The van der Waals surface area contributed by atoms with Crippen LogP contribution >= 0.6 is 0 Å². The van der Waals surface area contributed by atoms with Crippen molar-refractivity contribution >= 4 is 16.9 Å². The van der Waals surface area contributed by atoms with E-state index in [-0.39, 0.29) is 6.61 Å². The predicted molar refractivity (Wildman–Crippen MR) is 56.0 cm³/mol. The molecule has 0 aliphatic heterocycles. The highest BCUT2D eigenvalue weighted by atomic mass is 16.7. The Hall–Kier alpha value is -1.97. The van der Waals surface area contributed by atoms with Crippen LogP contribution in [0.25, 0.3) is 10.8 Å². The van der Waals surface area contributed by atoms with Crippen molar-refractivity contribution in [3.05, 3.63) is 36.2 Å². The molecule has 0 atom stereocenters. The summed E-state index contributed by atoms with van der Waals surface area (Å²) in [5.74, 6) is 0. The topological polar surface area (TPSA) is 62.3 Å². The second-order valence-electron chi connectivity index (χ2n) is 3.22. The first-order valence-electron chi connectivity index (χ1n) is 4.68. The molecule has 2 N–H and O–H groups in total. The first-order chi connectivity index (χ1) is 7.27. The molecule has 15 heavy (non-hydrogen) atoms. The number of carbonyl (C=O) groups is 1. The molecule has 78 valence electrons. The third-order valence-corrected chi connectivity index (χ3v) is 2.27. The van der Waals surface area contributed by atoms with Crippen molar-refractivity contribution in [2.75, 3.05) is 6.61 Å². The number of aromatic amines is 1. The van der Waals surface area contributed by atoms with Crippen LogP contribution in [0, 0.1) is 0 Å². The molecule has 4 heteroatoms. The van der Waals surface area contributed by atoms with Crippen LogP contribution in [-0.2, 0) is 11.2 Å². The zero-order chi connectivity index (χ0) is 10.7. The first-order valence-corrected chi connectivity index (χ1v) is 4.68. The van der Waals surface area contributed by atoms with Crippen molar-refractivity contribution in [3.63, 3.8) is 0 Å². The maximum atomic E-state index is 10.2. The van der Waals surface area contributed by atoms with Crippen LogP contribution in [-0.4, -0.2) is 22.9 Å². The van der Waals surface area contributed by atoms with Gasteiger partial charge in [0.2, 0.25) is 0 Å². The molecule has 0 unspecified atom stereocenters. The molecule has 4 nitrogen and oxygen atoms in total. The van der Waals surface area contributed by atoms with Gasteiger partial charge >= 0.3 is 6.16 Å². The fourth-order valence-corrected chi connectivity index (χ4v) is 1.59. The van der Waals surface area contributed by atoms with E-state index in [1.54, 1.807) is 0 Å². The van der Waals surface area contributed by atoms with E-state index in [0.29, 0.717) is 6.42 Å². The van der Waals surface area contributed by atoms with E-state index in [1.807, 2.05) is 30.5 Å².